The highest BCUT2D eigenvalue weighted by molar-refractivity contribution is 7.99. The van der Waals surface area contributed by atoms with Crippen LogP contribution in [0.4, 0.5) is 0 Å². The van der Waals surface area contributed by atoms with Gasteiger partial charge >= 0.3 is 5.97 Å². The van der Waals surface area contributed by atoms with Gasteiger partial charge in [0, 0.05) is 17.9 Å². The summed E-state index contributed by atoms with van der Waals surface area (Å²) < 4.78 is 10.6. The molecule has 7 nitrogen and oxygen atoms in total. The minimum atomic E-state index is -0.859. The summed E-state index contributed by atoms with van der Waals surface area (Å²) in [6, 6.07) is 5.53. The second-order valence-electron chi connectivity index (χ2n) is 4.80. The van der Waals surface area contributed by atoms with Crippen molar-refractivity contribution in [2.75, 3.05) is 24.8 Å². The number of carboxylic acids is 1. The maximum atomic E-state index is 12.1. The third kappa shape index (κ3) is 3.98. The Balaban J connectivity index is 1.57. The number of aromatic nitrogens is 1. The van der Waals surface area contributed by atoms with Crippen molar-refractivity contribution in [1.82, 2.24) is 10.3 Å². The number of carbonyl (C=O) groups excluding carboxylic acids is 1. The minimum absolute atomic E-state index is 0.0324. The molecule has 0 fully saturated rings. The van der Waals surface area contributed by atoms with Gasteiger partial charge in [-0.3, -0.25) is 9.59 Å². The van der Waals surface area contributed by atoms with E-state index in [0.717, 1.165) is 10.6 Å². The first-order chi connectivity index (χ1) is 11.6. The number of fused-ring (bicyclic) bond motifs is 1. The summed E-state index contributed by atoms with van der Waals surface area (Å²) in [6.45, 7) is 0.623. The number of nitrogens with zero attached hydrogens (tertiary/aromatic N) is 1. The van der Waals surface area contributed by atoms with Gasteiger partial charge in [0.1, 0.15) is 9.88 Å². The smallest absolute Gasteiger partial charge is 0.313 e. The Bertz CT molecular complexity index is 762. The summed E-state index contributed by atoms with van der Waals surface area (Å²) in [5.74, 6) is 0.880. The first kappa shape index (κ1) is 16.6. The summed E-state index contributed by atoms with van der Waals surface area (Å²) in [4.78, 5) is 27.2. The summed E-state index contributed by atoms with van der Waals surface area (Å²) in [7, 11) is 0. The Morgan fingerprint density at radius 2 is 2.17 bits per heavy atom. The molecule has 126 valence electrons. The van der Waals surface area contributed by atoms with Crippen LogP contribution in [0.15, 0.2) is 24.4 Å². The average molecular weight is 366 g/mol. The van der Waals surface area contributed by atoms with Crippen molar-refractivity contribution in [2.24, 2.45) is 0 Å². The third-order valence-electron chi connectivity index (χ3n) is 3.11. The van der Waals surface area contributed by atoms with Crippen molar-refractivity contribution in [2.45, 2.75) is 0 Å². The SMILES string of the molecule is O=C(O)CSCCNC(=O)c1cnc(-c2ccc3c(c2)OCO3)s1. The molecular weight excluding hydrogens is 352 g/mol. The van der Waals surface area contributed by atoms with Crippen LogP contribution in [0, 0.1) is 0 Å². The monoisotopic (exact) mass is 366 g/mol. The molecule has 1 aromatic carbocycles. The molecule has 1 amide bonds. The molecule has 2 aromatic rings. The number of thioether (sulfide) groups is 1. The predicted molar refractivity (Wildman–Crippen MR) is 91.0 cm³/mol. The van der Waals surface area contributed by atoms with E-state index in [-0.39, 0.29) is 18.5 Å². The molecule has 1 aromatic heterocycles. The number of rotatable bonds is 7. The van der Waals surface area contributed by atoms with Crippen molar-refractivity contribution in [1.29, 1.82) is 0 Å². The molecule has 9 heteroatoms. The van der Waals surface area contributed by atoms with E-state index in [4.69, 9.17) is 14.6 Å². The van der Waals surface area contributed by atoms with Crippen molar-refractivity contribution in [3.8, 4) is 22.1 Å². The molecule has 2 N–H and O–H groups in total. The zero-order chi connectivity index (χ0) is 16.9. The minimum Gasteiger partial charge on any atom is -0.481 e. The molecule has 1 aliphatic rings. The second-order valence-corrected chi connectivity index (χ2v) is 6.94. The van der Waals surface area contributed by atoms with Crippen LogP contribution in [0.2, 0.25) is 0 Å². The number of aliphatic carboxylic acids is 1. The fraction of sp³-hybridized carbons (Fsp3) is 0.267. The number of hydrogen-bond donors (Lipinski definition) is 2. The van der Waals surface area contributed by atoms with E-state index in [1.165, 1.54) is 29.3 Å². The number of carboxylic acid groups (broad SMARTS) is 1. The lowest BCUT2D eigenvalue weighted by Crippen LogP contribution is -2.25. The molecule has 24 heavy (non-hydrogen) atoms. The predicted octanol–water partition coefficient (Wildman–Crippen LogP) is 2.09. The number of benzene rings is 1. The van der Waals surface area contributed by atoms with Crippen molar-refractivity contribution < 1.29 is 24.2 Å². The van der Waals surface area contributed by atoms with Crippen LogP contribution in [0.5, 0.6) is 11.5 Å². The normalized spacial score (nSPS) is 12.2. The Hall–Kier alpha value is -2.26. The maximum Gasteiger partial charge on any atom is 0.313 e. The molecule has 3 rings (SSSR count). The fourth-order valence-electron chi connectivity index (χ4n) is 2.03. The highest BCUT2D eigenvalue weighted by Gasteiger charge is 2.16. The van der Waals surface area contributed by atoms with Gasteiger partial charge in [0.25, 0.3) is 5.91 Å². The summed E-state index contributed by atoms with van der Waals surface area (Å²) in [6.07, 6.45) is 1.53. The molecule has 1 aliphatic heterocycles. The molecule has 0 saturated carbocycles. The molecule has 0 radical (unpaired) electrons. The van der Waals surface area contributed by atoms with Gasteiger partial charge in [0.2, 0.25) is 6.79 Å². The van der Waals surface area contributed by atoms with E-state index in [1.54, 1.807) is 0 Å². The summed E-state index contributed by atoms with van der Waals surface area (Å²) in [5.41, 5.74) is 0.861. The van der Waals surface area contributed by atoms with E-state index < -0.39 is 5.97 Å². The molecule has 0 atom stereocenters. The van der Waals surface area contributed by atoms with Crippen molar-refractivity contribution in [3.05, 3.63) is 29.3 Å². The van der Waals surface area contributed by atoms with Gasteiger partial charge in [-0.1, -0.05) is 0 Å². The molecule has 0 aliphatic carbocycles. The van der Waals surface area contributed by atoms with Gasteiger partial charge in [0.15, 0.2) is 11.5 Å². The zero-order valence-corrected chi connectivity index (χ0v) is 14.1. The second kappa shape index (κ2) is 7.54. The molecular formula is C15H14N2O5S2. The number of hydrogen-bond acceptors (Lipinski definition) is 7. The lowest BCUT2D eigenvalue weighted by Gasteiger charge is -2.02. The highest BCUT2D eigenvalue weighted by Crippen LogP contribution is 2.36. The van der Waals surface area contributed by atoms with Gasteiger partial charge in [-0.25, -0.2) is 4.98 Å². The van der Waals surface area contributed by atoms with Crippen LogP contribution in [0.1, 0.15) is 9.67 Å². The van der Waals surface area contributed by atoms with E-state index in [0.29, 0.717) is 28.7 Å². The topological polar surface area (TPSA) is 97.8 Å². The molecule has 2 heterocycles. The summed E-state index contributed by atoms with van der Waals surface area (Å²) >= 11 is 2.55. The average Bonchev–Trinajstić information content (AvgIpc) is 3.22. The Kier molecular flexibility index (Phi) is 5.21. The third-order valence-corrected chi connectivity index (χ3v) is 5.10. The Morgan fingerprint density at radius 1 is 1.33 bits per heavy atom. The van der Waals surface area contributed by atoms with E-state index in [1.807, 2.05) is 18.2 Å². The first-order valence-electron chi connectivity index (χ1n) is 7.07. The number of carbonyl (C=O) groups is 2. The number of nitrogens with one attached hydrogen (secondary N) is 1. The van der Waals surface area contributed by atoms with Crippen molar-refractivity contribution >= 4 is 35.0 Å². The molecule has 0 spiro atoms. The number of ether oxygens (including phenoxy) is 2. The van der Waals surface area contributed by atoms with Crippen LogP contribution in [-0.4, -0.2) is 46.8 Å². The van der Waals surface area contributed by atoms with Gasteiger partial charge in [-0.15, -0.1) is 23.1 Å². The largest absolute Gasteiger partial charge is 0.481 e. The van der Waals surface area contributed by atoms with Crippen LogP contribution in [0.25, 0.3) is 10.6 Å². The standard InChI is InChI=1S/C15H14N2O5S2/c18-13(19)7-23-4-3-16-14(20)12-6-17-15(24-12)9-1-2-10-11(5-9)22-8-21-10/h1-2,5-6H,3-4,7-8H2,(H,16,20)(H,18,19). The Morgan fingerprint density at radius 3 is 3.00 bits per heavy atom. The number of thiazole rings is 1. The fourth-order valence-corrected chi connectivity index (χ4v) is 3.42. The van der Waals surface area contributed by atoms with E-state index in [2.05, 4.69) is 10.3 Å². The van der Waals surface area contributed by atoms with Crippen LogP contribution in [0.3, 0.4) is 0 Å². The highest BCUT2D eigenvalue weighted by atomic mass is 32.2. The van der Waals surface area contributed by atoms with Crippen molar-refractivity contribution in [3.63, 3.8) is 0 Å². The van der Waals surface area contributed by atoms with Crippen LogP contribution >= 0.6 is 23.1 Å². The maximum absolute atomic E-state index is 12.1. The summed E-state index contributed by atoms with van der Waals surface area (Å²) in [5, 5.41) is 12.0. The number of amides is 1. The van der Waals surface area contributed by atoms with E-state index >= 15 is 0 Å². The molecule has 0 unspecified atom stereocenters. The quantitative estimate of drug-likeness (QED) is 0.724. The van der Waals surface area contributed by atoms with Gasteiger partial charge in [-0.05, 0) is 18.2 Å². The zero-order valence-electron chi connectivity index (χ0n) is 12.5. The van der Waals surface area contributed by atoms with Crippen LogP contribution in [-0.2, 0) is 4.79 Å². The van der Waals surface area contributed by atoms with E-state index in [9.17, 15) is 9.59 Å². The van der Waals surface area contributed by atoms with Gasteiger partial charge < -0.3 is 19.9 Å². The Labute approximate surface area is 146 Å². The van der Waals surface area contributed by atoms with Gasteiger partial charge in [0.05, 0.1) is 11.9 Å². The first-order valence-corrected chi connectivity index (χ1v) is 9.04. The van der Waals surface area contributed by atoms with Crippen LogP contribution < -0.4 is 14.8 Å². The molecule has 0 bridgehead atoms. The lowest BCUT2D eigenvalue weighted by atomic mass is 10.2. The molecule has 0 saturated heterocycles. The van der Waals surface area contributed by atoms with Gasteiger partial charge in [-0.2, -0.15) is 0 Å². The lowest BCUT2D eigenvalue weighted by molar-refractivity contribution is -0.133.